The van der Waals surface area contributed by atoms with E-state index in [1.807, 2.05) is 30.3 Å². The lowest BCUT2D eigenvalue weighted by Gasteiger charge is -2.40. The van der Waals surface area contributed by atoms with Gasteiger partial charge in [-0.25, -0.2) is 13.0 Å². The van der Waals surface area contributed by atoms with Gasteiger partial charge in [0.2, 0.25) is 10.0 Å². The summed E-state index contributed by atoms with van der Waals surface area (Å²) in [5.74, 6) is 0.0466. The highest BCUT2D eigenvalue weighted by molar-refractivity contribution is 7.89. The molecule has 2 aromatic carbocycles. The normalized spacial score (nSPS) is 17.6. The van der Waals surface area contributed by atoms with E-state index in [0.717, 1.165) is 5.56 Å². The maximum atomic E-state index is 13.2. The van der Waals surface area contributed by atoms with Gasteiger partial charge in [0, 0.05) is 13.1 Å². The third-order valence-electron chi connectivity index (χ3n) is 5.52. The van der Waals surface area contributed by atoms with E-state index in [-0.39, 0.29) is 39.8 Å². The van der Waals surface area contributed by atoms with Gasteiger partial charge in [0.15, 0.2) is 11.0 Å². The minimum absolute atomic E-state index is 0.00295. The Balaban J connectivity index is 1.66. The summed E-state index contributed by atoms with van der Waals surface area (Å²) < 4.78 is 32.5. The lowest BCUT2D eigenvalue weighted by molar-refractivity contribution is -0.123. The van der Waals surface area contributed by atoms with E-state index in [0.29, 0.717) is 12.8 Å². The quantitative estimate of drug-likeness (QED) is 0.644. The Labute approximate surface area is 167 Å². The monoisotopic (exact) mass is 419 g/mol. The van der Waals surface area contributed by atoms with Crippen LogP contribution in [0.3, 0.4) is 0 Å². The van der Waals surface area contributed by atoms with E-state index in [2.05, 4.69) is 14.9 Å². The summed E-state index contributed by atoms with van der Waals surface area (Å²) in [5, 5.41) is 7.66. The van der Waals surface area contributed by atoms with Gasteiger partial charge in [-0.1, -0.05) is 41.9 Å². The third kappa shape index (κ3) is 2.92. The summed E-state index contributed by atoms with van der Waals surface area (Å²) in [6.07, 6.45) is 0.832. The summed E-state index contributed by atoms with van der Waals surface area (Å²) >= 11 is 6.04. The molecule has 4 rings (SSSR count). The molecule has 1 aromatic heterocycles. The smallest absolute Gasteiger partial charge is 0.245 e. The minimum Gasteiger partial charge on any atom is -0.299 e. The second-order valence-corrected chi connectivity index (χ2v) is 9.23. The molecule has 0 spiro atoms. The Hall–Kier alpha value is -2.29. The maximum Gasteiger partial charge on any atom is 0.245 e. The van der Waals surface area contributed by atoms with Gasteiger partial charge in [-0.3, -0.25) is 4.79 Å². The van der Waals surface area contributed by atoms with Gasteiger partial charge >= 0.3 is 0 Å². The lowest BCUT2D eigenvalue weighted by Crippen LogP contribution is -2.48. The number of rotatable bonds is 4. The number of hydrogen-bond donors (Lipinski definition) is 0. The topological polar surface area (TPSA) is 93.4 Å². The van der Waals surface area contributed by atoms with Gasteiger partial charge in [0.25, 0.3) is 0 Å². The van der Waals surface area contributed by atoms with Gasteiger partial charge in [0.05, 0.1) is 10.4 Å². The molecular weight excluding hydrogens is 402 g/mol. The molecule has 0 amide bonds. The Bertz CT molecular complexity index is 1140. The molecule has 0 atom stereocenters. The maximum absolute atomic E-state index is 13.2. The average Bonchev–Trinajstić information content (AvgIpc) is 3.19. The highest BCUT2D eigenvalue weighted by Gasteiger charge is 2.43. The van der Waals surface area contributed by atoms with Crippen molar-refractivity contribution in [2.75, 3.05) is 13.1 Å². The average molecular weight is 420 g/mol. The Morgan fingerprint density at radius 1 is 1.07 bits per heavy atom. The molecule has 2 heterocycles. The number of Topliss-reactive ketones (excluding diaryl/α,β-unsaturated/α-hetero) is 1. The number of sulfonamides is 1. The summed E-state index contributed by atoms with van der Waals surface area (Å²) in [6, 6.07) is 12.4. The minimum atomic E-state index is -3.83. The van der Waals surface area contributed by atoms with Crippen LogP contribution in [-0.2, 0) is 20.2 Å². The van der Waals surface area contributed by atoms with Crippen molar-refractivity contribution in [2.45, 2.75) is 30.1 Å². The van der Waals surface area contributed by atoms with Crippen LogP contribution in [0.5, 0.6) is 0 Å². The first-order chi connectivity index (χ1) is 13.4. The number of benzene rings is 2. The van der Waals surface area contributed by atoms with Crippen LogP contribution in [0.1, 0.15) is 25.3 Å². The number of fused-ring (bicyclic) bond motifs is 1. The van der Waals surface area contributed by atoms with E-state index in [9.17, 15) is 13.2 Å². The second kappa shape index (κ2) is 6.95. The molecule has 0 N–H and O–H groups in total. The van der Waals surface area contributed by atoms with E-state index in [1.54, 1.807) is 6.92 Å². The molecule has 0 bridgehead atoms. The third-order valence-corrected chi connectivity index (χ3v) is 7.76. The highest BCUT2D eigenvalue weighted by atomic mass is 35.5. The first-order valence-corrected chi connectivity index (χ1v) is 10.7. The number of ketones is 1. The summed E-state index contributed by atoms with van der Waals surface area (Å²) in [6.45, 7) is 2.03. The van der Waals surface area contributed by atoms with Crippen LogP contribution in [-0.4, -0.2) is 41.9 Å². The standard InChI is InChI=1S/C19H18ClN3O4S/c1-13(24)19(14-5-3-2-4-6-14)9-11-23(12-10-19)28(25,26)16-8-7-15(20)17-18(16)22-27-21-17/h2-8H,9-12H2,1H3. The molecule has 0 aliphatic carbocycles. The molecule has 1 fully saturated rings. The fourth-order valence-electron chi connectivity index (χ4n) is 3.87. The largest absolute Gasteiger partial charge is 0.299 e. The van der Waals surface area contributed by atoms with Gasteiger partial charge in [-0.15, -0.1) is 0 Å². The first kappa shape index (κ1) is 19.0. The molecule has 1 aliphatic rings. The number of halogens is 1. The molecular formula is C19H18ClN3O4S. The fourth-order valence-corrected chi connectivity index (χ4v) is 5.62. The molecule has 28 heavy (non-hydrogen) atoms. The van der Waals surface area contributed by atoms with Gasteiger partial charge in [0.1, 0.15) is 10.7 Å². The SMILES string of the molecule is CC(=O)C1(c2ccccc2)CCN(S(=O)(=O)c2ccc(Cl)c3nonc23)CC1. The molecule has 3 aromatic rings. The lowest BCUT2D eigenvalue weighted by atomic mass is 9.70. The molecule has 9 heteroatoms. The van der Waals surface area contributed by atoms with Gasteiger partial charge in [-0.05, 0) is 47.8 Å². The van der Waals surface area contributed by atoms with Crippen molar-refractivity contribution >= 4 is 38.4 Å². The summed E-state index contributed by atoms with van der Waals surface area (Å²) in [5.41, 5.74) is 0.577. The number of aromatic nitrogens is 2. The predicted octanol–water partition coefficient (Wildman–Crippen LogP) is 3.19. The van der Waals surface area contributed by atoms with Crippen molar-refractivity contribution in [3.63, 3.8) is 0 Å². The number of piperidine rings is 1. The first-order valence-electron chi connectivity index (χ1n) is 8.84. The van der Waals surface area contributed by atoms with Crippen molar-refractivity contribution in [3.8, 4) is 0 Å². The van der Waals surface area contributed by atoms with Crippen molar-refractivity contribution in [3.05, 3.63) is 53.1 Å². The number of carbonyl (C=O) groups excluding carboxylic acids is 1. The van der Waals surface area contributed by atoms with Crippen LogP contribution >= 0.6 is 11.6 Å². The van der Waals surface area contributed by atoms with Crippen LogP contribution < -0.4 is 0 Å². The summed E-state index contributed by atoms with van der Waals surface area (Å²) in [4.78, 5) is 12.5. The van der Waals surface area contributed by atoms with Gasteiger partial charge in [-0.2, -0.15) is 4.31 Å². The summed E-state index contributed by atoms with van der Waals surface area (Å²) in [7, 11) is -3.83. The van der Waals surface area contributed by atoms with Crippen molar-refractivity contribution in [2.24, 2.45) is 0 Å². The van der Waals surface area contributed by atoms with Gasteiger partial charge < -0.3 is 0 Å². The molecule has 1 saturated heterocycles. The van der Waals surface area contributed by atoms with E-state index in [1.165, 1.54) is 16.4 Å². The van der Waals surface area contributed by atoms with Crippen LogP contribution in [0.15, 0.2) is 52.0 Å². The fraction of sp³-hybridized carbons (Fsp3) is 0.316. The van der Waals surface area contributed by atoms with Crippen molar-refractivity contribution in [1.29, 1.82) is 0 Å². The van der Waals surface area contributed by atoms with Crippen LogP contribution in [0, 0.1) is 0 Å². The van der Waals surface area contributed by atoms with Crippen molar-refractivity contribution in [1.82, 2.24) is 14.6 Å². The van der Waals surface area contributed by atoms with E-state index >= 15 is 0 Å². The predicted molar refractivity (Wildman–Crippen MR) is 104 cm³/mol. The highest BCUT2D eigenvalue weighted by Crippen LogP contribution is 2.38. The number of nitrogens with zero attached hydrogens (tertiary/aromatic N) is 3. The zero-order valence-corrected chi connectivity index (χ0v) is 16.7. The zero-order chi connectivity index (χ0) is 19.9. The van der Waals surface area contributed by atoms with Crippen LogP contribution in [0.25, 0.3) is 11.0 Å². The second-order valence-electron chi connectivity index (χ2n) is 6.92. The van der Waals surface area contributed by atoms with Crippen LogP contribution in [0.2, 0.25) is 5.02 Å². The number of carbonyl (C=O) groups is 1. The number of hydrogen-bond acceptors (Lipinski definition) is 6. The molecule has 1 aliphatic heterocycles. The molecule has 0 saturated carbocycles. The van der Waals surface area contributed by atoms with Crippen molar-refractivity contribution < 1.29 is 17.8 Å². The Kier molecular flexibility index (Phi) is 4.73. The zero-order valence-electron chi connectivity index (χ0n) is 15.1. The molecule has 0 radical (unpaired) electrons. The molecule has 0 unspecified atom stereocenters. The van der Waals surface area contributed by atoms with E-state index < -0.39 is 15.4 Å². The van der Waals surface area contributed by atoms with E-state index in [4.69, 9.17) is 11.6 Å². The molecule has 7 nitrogen and oxygen atoms in total. The Morgan fingerprint density at radius 2 is 1.71 bits per heavy atom. The molecule has 146 valence electrons. The van der Waals surface area contributed by atoms with Crippen LogP contribution in [0.4, 0.5) is 0 Å². The Morgan fingerprint density at radius 3 is 2.36 bits per heavy atom.